The van der Waals surface area contributed by atoms with Crippen LogP contribution in [0.3, 0.4) is 0 Å². The maximum Gasteiger partial charge on any atom is 0.328 e. The third-order valence-electron chi connectivity index (χ3n) is 3.14. The lowest BCUT2D eigenvalue weighted by atomic mass is 10.3. The molecule has 2 rings (SSSR count). The first-order valence-electron chi connectivity index (χ1n) is 7.09. The van der Waals surface area contributed by atoms with Crippen LogP contribution in [0.1, 0.15) is 18.5 Å². The first kappa shape index (κ1) is 16.2. The first-order chi connectivity index (χ1) is 10.6. The number of carboxylic acids is 1. The molecule has 0 saturated heterocycles. The van der Waals surface area contributed by atoms with Crippen molar-refractivity contribution < 1.29 is 14.6 Å². The Morgan fingerprint density at radius 3 is 2.73 bits per heavy atom. The highest BCUT2D eigenvalue weighted by Crippen LogP contribution is 2.16. The molecule has 0 bridgehead atoms. The minimum atomic E-state index is -0.941. The number of unbranched alkanes of at least 4 members (excludes halogenated alkanes) is 1. The Balaban J connectivity index is 1.72. The van der Waals surface area contributed by atoms with Crippen molar-refractivity contribution in [3.63, 3.8) is 0 Å². The van der Waals surface area contributed by atoms with Crippen molar-refractivity contribution in [2.24, 2.45) is 0 Å². The zero-order valence-corrected chi connectivity index (χ0v) is 12.9. The fourth-order valence-electron chi connectivity index (χ4n) is 2.04. The van der Waals surface area contributed by atoms with Gasteiger partial charge in [0.25, 0.3) is 0 Å². The summed E-state index contributed by atoms with van der Waals surface area (Å²) in [5.74, 6) is -0.125. The molecule has 0 radical (unpaired) electrons. The van der Waals surface area contributed by atoms with Crippen molar-refractivity contribution in [1.29, 1.82) is 0 Å². The third kappa shape index (κ3) is 5.30. The summed E-state index contributed by atoms with van der Waals surface area (Å²) in [7, 11) is 0. The zero-order valence-electron chi connectivity index (χ0n) is 12.1. The number of benzene rings is 1. The molecular weight excluding hydrogens is 302 g/mol. The van der Waals surface area contributed by atoms with E-state index in [-0.39, 0.29) is 0 Å². The fraction of sp³-hybridized carbons (Fsp3) is 0.235. The van der Waals surface area contributed by atoms with Crippen LogP contribution in [0.5, 0.6) is 5.75 Å². The maximum absolute atomic E-state index is 10.5. The maximum atomic E-state index is 10.5. The number of ether oxygens (including phenoxy) is 1. The van der Waals surface area contributed by atoms with Gasteiger partial charge in [-0.2, -0.15) is 0 Å². The third-order valence-corrected chi connectivity index (χ3v) is 3.39. The Morgan fingerprint density at radius 2 is 2.00 bits per heavy atom. The van der Waals surface area contributed by atoms with Crippen LogP contribution in [-0.2, 0) is 11.3 Å². The van der Waals surface area contributed by atoms with Gasteiger partial charge in [-0.05, 0) is 55.3 Å². The molecular formula is C17H18ClNO3. The number of carbonyl (C=O) groups is 1. The highest BCUT2D eigenvalue weighted by Gasteiger charge is 1.99. The molecule has 4 nitrogen and oxygen atoms in total. The monoisotopic (exact) mass is 319 g/mol. The van der Waals surface area contributed by atoms with Crippen molar-refractivity contribution in [1.82, 2.24) is 4.57 Å². The number of hydrogen-bond acceptors (Lipinski definition) is 2. The Hall–Kier alpha value is -2.20. The van der Waals surface area contributed by atoms with Crippen molar-refractivity contribution >= 4 is 23.6 Å². The lowest BCUT2D eigenvalue weighted by Crippen LogP contribution is -2.03. The van der Waals surface area contributed by atoms with E-state index in [9.17, 15) is 4.79 Å². The van der Waals surface area contributed by atoms with Crippen molar-refractivity contribution in [3.8, 4) is 5.75 Å². The molecule has 2 aromatic rings. The van der Waals surface area contributed by atoms with E-state index in [1.54, 1.807) is 18.2 Å². The van der Waals surface area contributed by atoms with E-state index in [0.717, 1.165) is 36.9 Å². The molecule has 22 heavy (non-hydrogen) atoms. The van der Waals surface area contributed by atoms with Crippen molar-refractivity contribution in [2.75, 3.05) is 6.61 Å². The quantitative estimate of drug-likeness (QED) is 0.588. The summed E-state index contributed by atoms with van der Waals surface area (Å²) in [6.45, 7) is 1.47. The van der Waals surface area contributed by atoms with Crippen LogP contribution < -0.4 is 4.74 Å². The molecule has 1 aromatic heterocycles. The van der Waals surface area contributed by atoms with E-state index in [2.05, 4.69) is 0 Å². The van der Waals surface area contributed by atoms with E-state index in [4.69, 9.17) is 21.4 Å². The zero-order chi connectivity index (χ0) is 15.8. The summed E-state index contributed by atoms with van der Waals surface area (Å²) in [6, 6.07) is 11.1. The molecule has 0 spiro atoms. The van der Waals surface area contributed by atoms with E-state index < -0.39 is 5.97 Å². The van der Waals surface area contributed by atoms with Crippen LogP contribution in [0.15, 0.2) is 48.7 Å². The number of rotatable bonds is 8. The molecule has 5 heteroatoms. The Labute approximate surface area is 134 Å². The van der Waals surface area contributed by atoms with Gasteiger partial charge in [-0.1, -0.05) is 11.6 Å². The van der Waals surface area contributed by atoms with Gasteiger partial charge in [-0.25, -0.2) is 4.79 Å². The van der Waals surface area contributed by atoms with Gasteiger partial charge in [0, 0.05) is 29.5 Å². The van der Waals surface area contributed by atoms with Gasteiger partial charge in [-0.3, -0.25) is 0 Å². The van der Waals surface area contributed by atoms with E-state index in [0.29, 0.717) is 11.6 Å². The number of aryl methyl sites for hydroxylation is 1. The number of hydrogen-bond donors (Lipinski definition) is 1. The molecule has 0 fully saturated rings. The van der Waals surface area contributed by atoms with E-state index in [1.807, 2.05) is 35.0 Å². The number of aromatic nitrogens is 1. The number of carboxylic acid groups (broad SMARTS) is 1. The van der Waals surface area contributed by atoms with Gasteiger partial charge in [0.1, 0.15) is 5.75 Å². The van der Waals surface area contributed by atoms with Crippen LogP contribution in [0, 0.1) is 0 Å². The SMILES string of the molecule is O=C(O)/C=C/c1cccn1CCCCOc1ccc(Cl)cc1. The summed E-state index contributed by atoms with van der Waals surface area (Å²) in [6.07, 6.45) is 6.57. The number of aliphatic carboxylic acids is 1. The van der Waals surface area contributed by atoms with Crippen LogP contribution in [0.25, 0.3) is 6.08 Å². The van der Waals surface area contributed by atoms with Crippen LogP contribution in [-0.4, -0.2) is 22.2 Å². The average molecular weight is 320 g/mol. The van der Waals surface area contributed by atoms with Crippen molar-refractivity contribution in [3.05, 3.63) is 59.4 Å². The van der Waals surface area contributed by atoms with Gasteiger partial charge in [0.05, 0.1) is 6.61 Å². The summed E-state index contributed by atoms with van der Waals surface area (Å²) in [5.41, 5.74) is 0.890. The van der Waals surface area contributed by atoms with E-state index in [1.165, 1.54) is 0 Å². The summed E-state index contributed by atoms with van der Waals surface area (Å²) in [4.78, 5) is 10.5. The topological polar surface area (TPSA) is 51.5 Å². The van der Waals surface area contributed by atoms with Gasteiger partial charge in [-0.15, -0.1) is 0 Å². The number of nitrogens with zero attached hydrogens (tertiary/aromatic N) is 1. The Bertz CT molecular complexity index is 632. The van der Waals surface area contributed by atoms with Gasteiger partial charge in [0.15, 0.2) is 0 Å². The molecule has 1 aromatic carbocycles. The molecule has 0 amide bonds. The molecule has 1 N–H and O–H groups in total. The second-order valence-corrected chi connectivity index (χ2v) is 5.24. The standard InChI is InChI=1S/C17H18ClNO3/c18-14-5-8-16(9-6-14)22-13-2-1-11-19-12-3-4-15(19)7-10-17(20)21/h3-10,12H,1-2,11,13H2,(H,20,21)/b10-7+. The minimum Gasteiger partial charge on any atom is -0.494 e. The summed E-state index contributed by atoms with van der Waals surface area (Å²) < 4.78 is 7.66. The van der Waals surface area contributed by atoms with Gasteiger partial charge in [0.2, 0.25) is 0 Å². The summed E-state index contributed by atoms with van der Waals surface area (Å²) >= 11 is 5.81. The predicted octanol–water partition coefficient (Wildman–Crippen LogP) is 4.10. The lowest BCUT2D eigenvalue weighted by molar-refractivity contribution is -0.131. The largest absolute Gasteiger partial charge is 0.494 e. The fourth-order valence-corrected chi connectivity index (χ4v) is 2.17. The minimum absolute atomic E-state index is 0.642. The first-order valence-corrected chi connectivity index (χ1v) is 7.47. The molecule has 1 heterocycles. The molecule has 0 atom stereocenters. The van der Waals surface area contributed by atoms with Crippen LogP contribution in [0.2, 0.25) is 5.02 Å². The molecule has 0 saturated carbocycles. The Morgan fingerprint density at radius 1 is 1.23 bits per heavy atom. The predicted molar refractivity (Wildman–Crippen MR) is 87.3 cm³/mol. The molecule has 0 aliphatic heterocycles. The van der Waals surface area contributed by atoms with Crippen LogP contribution in [0.4, 0.5) is 0 Å². The average Bonchev–Trinajstić information content (AvgIpc) is 2.94. The second kappa shape index (κ2) is 8.29. The van der Waals surface area contributed by atoms with E-state index >= 15 is 0 Å². The summed E-state index contributed by atoms with van der Waals surface area (Å²) in [5, 5.41) is 9.35. The van der Waals surface area contributed by atoms with Gasteiger partial charge >= 0.3 is 5.97 Å². The van der Waals surface area contributed by atoms with Gasteiger partial charge < -0.3 is 14.4 Å². The molecule has 0 aliphatic rings. The molecule has 0 unspecified atom stereocenters. The smallest absolute Gasteiger partial charge is 0.328 e. The normalized spacial score (nSPS) is 11.0. The highest BCUT2D eigenvalue weighted by molar-refractivity contribution is 6.30. The Kier molecular flexibility index (Phi) is 6.10. The molecule has 116 valence electrons. The van der Waals surface area contributed by atoms with Crippen molar-refractivity contribution in [2.45, 2.75) is 19.4 Å². The lowest BCUT2D eigenvalue weighted by Gasteiger charge is -2.08. The number of halogens is 1. The molecule has 0 aliphatic carbocycles. The van der Waals surface area contributed by atoms with Crippen LogP contribution >= 0.6 is 11.6 Å². The highest BCUT2D eigenvalue weighted by atomic mass is 35.5. The second-order valence-electron chi connectivity index (χ2n) is 4.81.